The van der Waals surface area contributed by atoms with Crippen molar-refractivity contribution >= 4 is 15.9 Å². The molecule has 2 rings (SSSR count). The van der Waals surface area contributed by atoms with Gasteiger partial charge in [0.25, 0.3) is 0 Å². The highest BCUT2D eigenvalue weighted by atomic mass is 32.2. The van der Waals surface area contributed by atoms with Gasteiger partial charge in [0.1, 0.15) is 5.75 Å². The van der Waals surface area contributed by atoms with E-state index in [-0.39, 0.29) is 17.5 Å². The number of nitrogens with two attached hydrogens (primary N) is 1. The number of nitrogens with zero attached hydrogens (tertiary/aromatic N) is 1. The van der Waals surface area contributed by atoms with Crippen molar-refractivity contribution in [3.05, 3.63) is 23.8 Å². The molecule has 1 aromatic rings. The normalized spacial score (nSPS) is 19.7. The molecule has 1 aliphatic rings. The molecule has 1 heterocycles. The number of sulfonamides is 1. The number of hydrogen-bond donors (Lipinski definition) is 1. The Kier molecular flexibility index (Phi) is 5.31. The summed E-state index contributed by atoms with van der Waals surface area (Å²) in [6.45, 7) is 6.22. The van der Waals surface area contributed by atoms with E-state index in [1.54, 1.807) is 18.2 Å². The summed E-state index contributed by atoms with van der Waals surface area (Å²) < 4.78 is 32.5. The van der Waals surface area contributed by atoms with Crippen molar-refractivity contribution in [1.29, 1.82) is 0 Å². The molecule has 7 heteroatoms. The Morgan fingerprint density at radius 1 is 1.39 bits per heavy atom. The molecule has 1 aromatic carbocycles. The lowest BCUT2D eigenvalue weighted by Crippen LogP contribution is -2.44. The standard InChI is InChI=1S/C16H24N2O4S/c1-11(2)22-15-7-6-14(9-12(15)3)23(20,21)18-8-4-5-13(10-18)16(17)19/h6-7,9,11,13H,4-5,8,10H2,1-3H3,(H2,17,19)/t13-/m0/s1. The van der Waals surface area contributed by atoms with Crippen LogP contribution in [0.4, 0.5) is 0 Å². The molecule has 0 radical (unpaired) electrons. The van der Waals surface area contributed by atoms with Crippen LogP contribution in [-0.4, -0.2) is 37.8 Å². The lowest BCUT2D eigenvalue weighted by atomic mass is 9.99. The summed E-state index contributed by atoms with van der Waals surface area (Å²) in [5, 5.41) is 0. The van der Waals surface area contributed by atoms with Crippen molar-refractivity contribution in [3.63, 3.8) is 0 Å². The van der Waals surface area contributed by atoms with Crippen LogP contribution in [0.1, 0.15) is 32.3 Å². The van der Waals surface area contributed by atoms with Crippen molar-refractivity contribution in [2.24, 2.45) is 11.7 Å². The summed E-state index contributed by atoms with van der Waals surface area (Å²) in [7, 11) is -3.63. The largest absolute Gasteiger partial charge is 0.491 e. The second-order valence-corrected chi connectivity index (χ2v) is 8.14. The minimum absolute atomic E-state index is 0.0228. The van der Waals surface area contributed by atoms with Crippen LogP contribution in [0.25, 0.3) is 0 Å². The Hall–Kier alpha value is -1.60. The fraction of sp³-hybridized carbons (Fsp3) is 0.562. The van der Waals surface area contributed by atoms with Crippen molar-refractivity contribution < 1.29 is 17.9 Å². The van der Waals surface area contributed by atoms with E-state index in [0.717, 1.165) is 5.56 Å². The number of ether oxygens (including phenoxy) is 1. The number of aryl methyl sites for hydroxylation is 1. The molecule has 0 unspecified atom stereocenters. The molecular weight excluding hydrogens is 316 g/mol. The Morgan fingerprint density at radius 2 is 2.09 bits per heavy atom. The number of hydrogen-bond acceptors (Lipinski definition) is 4. The van der Waals surface area contributed by atoms with Gasteiger partial charge in [-0.05, 0) is 57.4 Å². The molecule has 1 atom stereocenters. The van der Waals surface area contributed by atoms with Gasteiger partial charge >= 0.3 is 0 Å². The van der Waals surface area contributed by atoms with Crippen molar-refractivity contribution in [2.45, 2.75) is 44.6 Å². The summed E-state index contributed by atoms with van der Waals surface area (Å²) in [6, 6.07) is 4.84. The van der Waals surface area contributed by atoms with Gasteiger partial charge in [-0.2, -0.15) is 4.31 Å². The van der Waals surface area contributed by atoms with E-state index >= 15 is 0 Å². The Bertz CT molecular complexity index is 685. The molecule has 0 aliphatic carbocycles. The first kappa shape index (κ1) is 17.7. The number of benzene rings is 1. The smallest absolute Gasteiger partial charge is 0.243 e. The van der Waals surface area contributed by atoms with E-state index < -0.39 is 21.8 Å². The number of rotatable bonds is 5. The first-order chi connectivity index (χ1) is 10.7. The Labute approximate surface area is 137 Å². The van der Waals surface area contributed by atoms with E-state index in [0.29, 0.717) is 25.1 Å². The molecule has 1 amide bonds. The van der Waals surface area contributed by atoms with Gasteiger partial charge in [0, 0.05) is 13.1 Å². The van der Waals surface area contributed by atoms with Gasteiger partial charge in [-0.3, -0.25) is 4.79 Å². The zero-order valence-corrected chi connectivity index (χ0v) is 14.6. The van der Waals surface area contributed by atoms with E-state index in [4.69, 9.17) is 10.5 Å². The van der Waals surface area contributed by atoms with Crippen LogP contribution in [0.5, 0.6) is 5.75 Å². The van der Waals surface area contributed by atoms with Crippen LogP contribution in [0.2, 0.25) is 0 Å². The predicted octanol–water partition coefficient (Wildman–Crippen LogP) is 1.67. The summed E-state index contributed by atoms with van der Waals surface area (Å²) in [6.07, 6.45) is 1.30. The lowest BCUT2D eigenvalue weighted by Gasteiger charge is -2.30. The number of primary amides is 1. The average Bonchev–Trinajstić information content (AvgIpc) is 2.49. The zero-order chi connectivity index (χ0) is 17.2. The van der Waals surface area contributed by atoms with Crippen LogP contribution in [-0.2, 0) is 14.8 Å². The molecular formula is C16H24N2O4S. The van der Waals surface area contributed by atoms with Gasteiger partial charge in [0.15, 0.2) is 0 Å². The second kappa shape index (κ2) is 6.88. The highest BCUT2D eigenvalue weighted by Gasteiger charge is 2.32. The van der Waals surface area contributed by atoms with Gasteiger partial charge < -0.3 is 10.5 Å². The highest BCUT2D eigenvalue weighted by Crippen LogP contribution is 2.27. The molecule has 1 fully saturated rings. The molecule has 23 heavy (non-hydrogen) atoms. The molecule has 128 valence electrons. The minimum Gasteiger partial charge on any atom is -0.491 e. The van der Waals surface area contributed by atoms with Crippen LogP contribution >= 0.6 is 0 Å². The van der Waals surface area contributed by atoms with E-state index in [1.807, 2.05) is 20.8 Å². The van der Waals surface area contributed by atoms with Crippen LogP contribution in [0.3, 0.4) is 0 Å². The monoisotopic (exact) mass is 340 g/mol. The summed E-state index contributed by atoms with van der Waals surface area (Å²) in [5.74, 6) is -0.183. The van der Waals surface area contributed by atoms with Gasteiger partial charge in [0.2, 0.25) is 15.9 Å². The fourth-order valence-corrected chi connectivity index (χ4v) is 4.32. The molecule has 1 saturated heterocycles. The SMILES string of the molecule is Cc1cc(S(=O)(=O)N2CCC[C@H](C(N)=O)C2)ccc1OC(C)C. The fourth-order valence-electron chi connectivity index (χ4n) is 2.71. The van der Waals surface area contributed by atoms with Gasteiger partial charge in [0.05, 0.1) is 16.9 Å². The number of piperidine rings is 1. The maximum absolute atomic E-state index is 12.8. The van der Waals surface area contributed by atoms with Crippen molar-refractivity contribution in [2.75, 3.05) is 13.1 Å². The molecule has 6 nitrogen and oxygen atoms in total. The first-order valence-corrected chi connectivity index (χ1v) is 9.22. The van der Waals surface area contributed by atoms with E-state index in [1.165, 1.54) is 4.31 Å². The van der Waals surface area contributed by atoms with Gasteiger partial charge in [-0.15, -0.1) is 0 Å². The molecule has 0 spiro atoms. The third-order valence-corrected chi connectivity index (χ3v) is 5.79. The molecule has 1 aliphatic heterocycles. The summed E-state index contributed by atoms with van der Waals surface area (Å²) >= 11 is 0. The third-order valence-electron chi connectivity index (χ3n) is 3.93. The maximum atomic E-state index is 12.8. The van der Waals surface area contributed by atoms with Crippen LogP contribution in [0, 0.1) is 12.8 Å². The van der Waals surface area contributed by atoms with Crippen LogP contribution < -0.4 is 10.5 Å². The second-order valence-electron chi connectivity index (χ2n) is 6.20. The molecule has 0 saturated carbocycles. The lowest BCUT2D eigenvalue weighted by molar-refractivity contribution is -0.122. The number of carbonyl (C=O) groups is 1. The Morgan fingerprint density at radius 3 is 2.65 bits per heavy atom. The maximum Gasteiger partial charge on any atom is 0.243 e. The van der Waals surface area contributed by atoms with E-state index in [9.17, 15) is 13.2 Å². The average molecular weight is 340 g/mol. The minimum atomic E-state index is -3.63. The predicted molar refractivity (Wildman–Crippen MR) is 87.6 cm³/mol. The topological polar surface area (TPSA) is 89.7 Å². The number of amides is 1. The zero-order valence-electron chi connectivity index (χ0n) is 13.8. The van der Waals surface area contributed by atoms with Gasteiger partial charge in [-0.1, -0.05) is 0 Å². The molecule has 0 bridgehead atoms. The quantitative estimate of drug-likeness (QED) is 0.883. The van der Waals surface area contributed by atoms with Crippen molar-refractivity contribution in [1.82, 2.24) is 4.31 Å². The van der Waals surface area contributed by atoms with Gasteiger partial charge in [-0.25, -0.2) is 8.42 Å². The molecule has 0 aromatic heterocycles. The van der Waals surface area contributed by atoms with Crippen molar-refractivity contribution in [3.8, 4) is 5.75 Å². The van der Waals surface area contributed by atoms with E-state index in [2.05, 4.69) is 0 Å². The highest BCUT2D eigenvalue weighted by molar-refractivity contribution is 7.89. The number of carbonyl (C=O) groups excluding carboxylic acids is 1. The molecule has 2 N–H and O–H groups in total. The third kappa shape index (κ3) is 4.03. The summed E-state index contributed by atoms with van der Waals surface area (Å²) in [4.78, 5) is 11.6. The summed E-state index contributed by atoms with van der Waals surface area (Å²) in [5.41, 5.74) is 6.09. The van der Waals surface area contributed by atoms with Crippen LogP contribution in [0.15, 0.2) is 23.1 Å². The Balaban J connectivity index is 2.25. The first-order valence-electron chi connectivity index (χ1n) is 7.78.